The third-order valence-corrected chi connectivity index (χ3v) is 4.73. The highest BCUT2D eigenvalue weighted by Crippen LogP contribution is 2.27. The van der Waals surface area contributed by atoms with Crippen molar-refractivity contribution in [3.8, 4) is 5.88 Å². The maximum absolute atomic E-state index is 13.0. The average molecular weight is 361 g/mol. The van der Waals surface area contributed by atoms with Crippen molar-refractivity contribution in [2.45, 2.75) is 4.90 Å². The Labute approximate surface area is 124 Å². The number of benzene rings is 1. The second-order valence-corrected chi connectivity index (χ2v) is 6.25. The number of pyridine rings is 1. The number of aromatic nitrogens is 1. The molecule has 2 aromatic rings. The Hall–Kier alpha value is -1.67. The third-order valence-electron chi connectivity index (χ3n) is 2.39. The summed E-state index contributed by atoms with van der Waals surface area (Å²) in [5.41, 5.74) is 0.200. The largest absolute Gasteiger partial charge is 0.480 e. The van der Waals surface area contributed by atoms with Crippen LogP contribution in [0.1, 0.15) is 0 Å². The molecular weight excluding hydrogens is 351 g/mol. The molecule has 1 heterocycles. The van der Waals surface area contributed by atoms with Crippen LogP contribution in [0.2, 0.25) is 0 Å². The summed E-state index contributed by atoms with van der Waals surface area (Å²) in [5, 5.41) is 0. The fraction of sp³-hybridized carbons (Fsp3) is 0.0833. The van der Waals surface area contributed by atoms with E-state index in [-0.39, 0.29) is 20.9 Å². The van der Waals surface area contributed by atoms with Crippen molar-refractivity contribution >= 4 is 31.6 Å². The van der Waals surface area contributed by atoms with Crippen LogP contribution in [0, 0.1) is 5.82 Å². The maximum atomic E-state index is 13.0. The Morgan fingerprint density at radius 1 is 1.35 bits per heavy atom. The molecule has 0 unspecified atom stereocenters. The molecular formula is C12H10BrFN2O3S. The quantitative estimate of drug-likeness (QED) is 0.909. The topological polar surface area (TPSA) is 68.3 Å². The highest BCUT2D eigenvalue weighted by Gasteiger charge is 2.20. The van der Waals surface area contributed by atoms with E-state index < -0.39 is 15.8 Å². The second kappa shape index (κ2) is 5.76. The molecule has 20 heavy (non-hydrogen) atoms. The standard InChI is InChI=1S/C12H10BrFN2O3S/c1-19-12-10(3-2-6-15-12)16-20(17,18)11-5-4-8(14)7-9(11)13/h2-7,16H,1H3. The number of nitrogens with zero attached hydrogens (tertiary/aromatic N) is 1. The smallest absolute Gasteiger partial charge is 0.263 e. The van der Waals surface area contributed by atoms with Crippen molar-refractivity contribution in [3.05, 3.63) is 46.8 Å². The first-order chi connectivity index (χ1) is 9.44. The molecule has 0 atom stereocenters. The van der Waals surface area contributed by atoms with Crippen LogP contribution in [0.15, 0.2) is 45.9 Å². The molecule has 0 radical (unpaired) electrons. The number of hydrogen-bond acceptors (Lipinski definition) is 4. The molecule has 1 aromatic carbocycles. The number of halogens is 2. The van der Waals surface area contributed by atoms with Gasteiger partial charge in [0.05, 0.1) is 7.11 Å². The van der Waals surface area contributed by atoms with E-state index in [4.69, 9.17) is 4.74 Å². The van der Waals surface area contributed by atoms with Crippen LogP contribution in [0.25, 0.3) is 0 Å². The molecule has 0 aliphatic heterocycles. The first kappa shape index (κ1) is 14.7. The number of sulfonamides is 1. The van der Waals surface area contributed by atoms with Gasteiger partial charge in [-0.2, -0.15) is 0 Å². The summed E-state index contributed by atoms with van der Waals surface area (Å²) in [4.78, 5) is 3.81. The Kier molecular flexibility index (Phi) is 4.24. The molecule has 0 spiro atoms. The molecule has 5 nitrogen and oxygen atoms in total. The highest BCUT2D eigenvalue weighted by molar-refractivity contribution is 9.10. The maximum Gasteiger partial charge on any atom is 0.263 e. The summed E-state index contributed by atoms with van der Waals surface area (Å²) in [5.74, 6) is -0.385. The summed E-state index contributed by atoms with van der Waals surface area (Å²) in [7, 11) is -2.49. The van der Waals surface area contributed by atoms with E-state index in [1.165, 1.54) is 25.4 Å². The van der Waals surface area contributed by atoms with Crippen LogP contribution in [-0.4, -0.2) is 20.5 Å². The summed E-state index contributed by atoms with van der Waals surface area (Å²) >= 11 is 3.03. The molecule has 2 rings (SSSR count). The Balaban J connectivity index is 2.41. The van der Waals surface area contributed by atoms with Gasteiger partial charge in [-0.15, -0.1) is 0 Å². The summed E-state index contributed by atoms with van der Waals surface area (Å²) < 4.78 is 45.0. The number of rotatable bonds is 4. The summed E-state index contributed by atoms with van der Waals surface area (Å²) in [6, 6.07) is 6.40. The fourth-order valence-electron chi connectivity index (χ4n) is 1.52. The lowest BCUT2D eigenvalue weighted by Gasteiger charge is -2.11. The van der Waals surface area contributed by atoms with E-state index in [1.807, 2.05) is 0 Å². The second-order valence-electron chi connectivity index (χ2n) is 3.74. The van der Waals surface area contributed by atoms with Crippen molar-refractivity contribution in [2.75, 3.05) is 11.8 Å². The Morgan fingerprint density at radius 3 is 2.75 bits per heavy atom. The molecule has 1 aromatic heterocycles. The van der Waals surface area contributed by atoms with Gasteiger partial charge in [-0.05, 0) is 46.3 Å². The minimum Gasteiger partial charge on any atom is -0.480 e. The van der Waals surface area contributed by atoms with E-state index in [0.717, 1.165) is 12.1 Å². The summed E-state index contributed by atoms with van der Waals surface area (Å²) in [6.45, 7) is 0. The SMILES string of the molecule is COc1ncccc1NS(=O)(=O)c1ccc(F)cc1Br. The van der Waals surface area contributed by atoms with Crippen LogP contribution < -0.4 is 9.46 Å². The lowest BCUT2D eigenvalue weighted by molar-refractivity contribution is 0.400. The van der Waals surface area contributed by atoms with Gasteiger partial charge >= 0.3 is 0 Å². The van der Waals surface area contributed by atoms with E-state index in [0.29, 0.717) is 0 Å². The minimum absolute atomic E-state index is 0.0789. The van der Waals surface area contributed by atoms with Gasteiger partial charge in [0.1, 0.15) is 16.4 Å². The summed E-state index contributed by atoms with van der Waals surface area (Å²) in [6.07, 6.45) is 1.48. The predicted molar refractivity (Wildman–Crippen MR) is 75.7 cm³/mol. The van der Waals surface area contributed by atoms with Crippen molar-refractivity contribution < 1.29 is 17.5 Å². The molecule has 0 saturated heterocycles. The van der Waals surface area contributed by atoms with Gasteiger partial charge < -0.3 is 4.74 Å². The van der Waals surface area contributed by atoms with Crippen LogP contribution in [0.3, 0.4) is 0 Å². The van der Waals surface area contributed by atoms with E-state index in [2.05, 4.69) is 25.6 Å². The van der Waals surface area contributed by atoms with E-state index in [1.54, 1.807) is 6.07 Å². The van der Waals surface area contributed by atoms with Gasteiger partial charge in [0.15, 0.2) is 0 Å². The normalized spacial score (nSPS) is 11.2. The van der Waals surface area contributed by atoms with Crippen molar-refractivity contribution in [1.29, 1.82) is 0 Å². The lowest BCUT2D eigenvalue weighted by Crippen LogP contribution is -2.14. The molecule has 0 aliphatic rings. The number of hydrogen-bond donors (Lipinski definition) is 1. The monoisotopic (exact) mass is 360 g/mol. The molecule has 0 amide bonds. The number of ether oxygens (including phenoxy) is 1. The molecule has 1 N–H and O–H groups in total. The Bertz CT molecular complexity index is 737. The zero-order valence-electron chi connectivity index (χ0n) is 10.3. The zero-order chi connectivity index (χ0) is 14.8. The molecule has 8 heteroatoms. The van der Waals surface area contributed by atoms with Gasteiger partial charge in [0, 0.05) is 10.7 Å². The fourth-order valence-corrected chi connectivity index (χ4v) is 3.63. The first-order valence-electron chi connectivity index (χ1n) is 5.41. The number of anilines is 1. The number of nitrogens with one attached hydrogen (secondary N) is 1. The van der Waals surface area contributed by atoms with E-state index >= 15 is 0 Å². The lowest BCUT2D eigenvalue weighted by atomic mass is 10.3. The van der Waals surface area contributed by atoms with Gasteiger partial charge in [-0.1, -0.05) is 0 Å². The minimum atomic E-state index is -3.88. The van der Waals surface area contributed by atoms with E-state index in [9.17, 15) is 12.8 Å². The Morgan fingerprint density at radius 2 is 2.10 bits per heavy atom. The highest BCUT2D eigenvalue weighted by atomic mass is 79.9. The molecule has 0 bridgehead atoms. The van der Waals surface area contributed by atoms with Gasteiger partial charge in [0.2, 0.25) is 5.88 Å². The van der Waals surface area contributed by atoms with Crippen LogP contribution in [-0.2, 0) is 10.0 Å². The van der Waals surface area contributed by atoms with Crippen LogP contribution >= 0.6 is 15.9 Å². The third kappa shape index (κ3) is 3.07. The van der Waals surface area contributed by atoms with Crippen LogP contribution in [0.5, 0.6) is 5.88 Å². The van der Waals surface area contributed by atoms with Crippen molar-refractivity contribution in [2.24, 2.45) is 0 Å². The molecule has 0 saturated carbocycles. The molecule has 106 valence electrons. The van der Waals surface area contributed by atoms with Gasteiger partial charge in [0.25, 0.3) is 10.0 Å². The molecule has 0 aliphatic carbocycles. The number of methoxy groups -OCH3 is 1. The van der Waals surface area contributed by atoms with Crippen molar-refractivity contribution in [3.63, 3.8) is 0 Å². The average Bonchev–Trinajstić information content (AvgIpc) is 2.38. The zero-order valence-corrected chi connectivity index (χ0v) is 12.7. The molecule has 0 fully saturated rings. The van der Waals surface area contributed by atoms with Gasteiger partial charge in [-0.3, -0.25) is 4.72 Å². The first-order valence-corrected chi connectivity index (χ1v) is 7.68. The van der Waals surface area contributed by atoms with Crippen molar-refractivity contribution in [1.82, 2.24) is 4.98 Å². The predicted octanol–water partition coefficient (Wildman–Crippen LogP) is 2.79. The van der Waals surface area contributed by atoms with Crippen LogP contribution in [0.4, 0.5) is 10.1 Å². The van der Waals surface area contributed by atoms with Gasteiger partial charge in [-0.25, -0.2) is 17.8 Å².